The van der Waals surface area contributed by atoms with Crippen molar-refractivity contribution in [2.45, 2.75) is 32.9 Å². The number of rotatable bonds is 6. The summed E-state index contributed by atoms with van der Waals surface area (Å²) >= 11 is 9.68. The van der Waals surface area contributed by atoms with Crippen LogP contribution in [-0.2, 0) is 6.54 Å². The summed E-state index contributed by atoms with van der Waals surface area (Å²) in [5.74, 6) is 1.03. The minimum absolute atomic E-state index is 0.0524. The predicted molar refractivity (Wildman–Crippen MR) is 87.2 cm³/mol. The van der Waals surface area contributed by atoms with Crippen molar-refractivity contribution in [1.29, 1.82) is 0 Å². The molecule has 1 heterocycles. The Morgan fingerprint density at radius 2 is 2.15 bits per heavy atom. The lowest BCUT2D eigenvalue weighted by molar-refractivity contribution is 0.544. The molecule has 2 rings (SSSR count). The summed E-state index contributed by atoms with van der Waals surface area (Å²) < 4.78 is 3.18. The van der Waals surface area contributed by atoms with Gasteiger partial charge in [-0.15, -0.1) is 0 Å². The summed E-state index contributed by atoms with van der Waals surface area (Å²) in [6.07, 6.45) is 4.97. The van der Waals surface area contributed by atoms with Gasteiger partial charge in [0.25, 0.3) is 0 Å². The Labute approximate surface area is 133 Å². The van der Waals surface area contributed by atoms with Crippen LogP contribution in [0, 0.1) is 0 Å². The molecule has 20 heavy (non-hydrogen) atoms. The van der Waals surface area contributed by atoms with Gasteiger partial charge in [-0.1, -0.05) is 41.4 Å². The van der Waals surface area contributed by atoms with Crippen molar-refractivity contribution in [2.24, 2.45) is 0 Å². The zero-order chi connectivity index (χ0) is 14.5. The predicted octanol–water partition coefficient (Wildman–Crippen LogP) is 4.41. The van der Waals surface area contributed by atoms with Crippen molar-refractivity contribution >= 4 is 27.5 Å². The highest BCUT2D eigenvalue weighted by molar-refractivity contribution is 9.10. The van der Waals surface area contributed by atoms with Crippen molar-refractivity contribution in [3.8, 4) is 0 Å². The van der Waals surface area contributed by atoms with E-state index in [0.29, 0.717) is 0 Å². The first-order valence-electron chi connectivity index (χ1n) is 6.86. The normalized spacial score (nSPS) is 12.6. The molecule has 0 saturated heterocycles. The van der Waals surface area contributed by atoms with Gasteiger partial charge in [0.1, 0.15) is 5.82 Å². The molecule has 1 N–H and O–H groups in total. The molecule has 0 aliphatic carbocycles. The number of aryl methyl sites for hydroxylation is 1. The van der Waals surface area contributed by atoms with E-state index in [4.69, 9.17) is 11.6 Å². The lowest BCUT2D eigenvalue weighted by Gasteiger charge is -2.20. The van der Waals surface area contributed by atoms with Gasteiger partial charge in [-0.2, -0.15) is 0 Å². The number of nitrogens with one attached hydrogen (secondary N) is 1. The van der Waals surface area contributed by atoms with Crippen LogP contribution in [0.3, 0.4) is 0 Å². The minimum Gasteiger partial charge on any atom is -0.333 e. The Morgan fingerprint density at radius 1 is 1.35 bits per heavy atom. The van der Waals surface area contributed by atoms with E-state index >= 15 is 0 Å². The van der Waals surface area contributed by atoms with Crippen LogP contribution >= 0.6 is 27.5 Å². The zero-order valence-corrected chi connectivity index (χ0v) is 14.1. The maximum atomic E-state index is 6.17. The lowest BCUT2D eigenvalue weighted by Crippen LogP contribution is -2.25. The molecule has 1 aromatic carbocycles. The molecule has 0 saturated carbocycles. The highest BCUT2D eigenvalue weighted by atomic mass is 79.9. The van der Waals surface area contributed by atoms with Gasteiger partial charge in [-0.05, 0) is 36.7 Å². The fourth-order valence-electron chi connectivity index (χ4n) is 2.32. The lowest BCUT2D eigenvalue weighted by atomic mass is 10.1. The zero-order valence-electron chi connectivity index (χ0n) is 11.7. The first-order valence-corrected chi connectivity index (χ1v) is 8.03. The third-order valence-corrected chi connectivity index (χ3v) is 3.77. The molecule has 0 bridgehead atoms. The van der Waals surface area contributed by atoms with Crippen LogP contribution in [0.1, 0.15) is 37.7 Å². The van der Waals surface area contributed by atoms with E-state index < -0.39 is 0 Å². The molecule has 1 atom stereocenters. The second kappa shape index (κ2) is 7.25. The molecule has 5 heteroatoms. The van der Waals surface area contributed by atoms with Crippen molar-refractivity contribution < 1.29 is 0 Å². The minimum atomic E-state index is 0.0524. The molecule has 1 unspecified atom stereocenters. The Hall–Kier alpha value is -0.840. The second-order valence-electron chi connectivity index (χ2n) is 4.67. The number of nitrogens with zero attached hydrogens (tertiary/aromatic N) is 2. The third-order valence-electron chi connectivity index (χ3n) is 3.10. The Kier molecular flexibility index (Phi) is 5.64. The molecule has 0 fully saturated rings. The van der Waals surface area contributed by atoms with Crippen LogP contribution in [0.25, 0.3) is 0 Å². The fraction of sp³-hybridized carbons (Fsp3) is 0.400. The Morgan fingerprint density at radius 3 is 2.80 bits per heavy atom. The number of aromatic nitrogens is 2. The summed E-state index contributed by atoms with van der Waals surface area (Å²) in [6, 6.07) is 6.03. The van der Waals surface area contributed by atoms with E-state index in [1.54, 1.807) is 0 Å². The Bertz CT molecular complexity index is 548. The van der Waals surface area contributed by atoms with Gasteiger partial charge >= 0.3 is 0 Å². The molecule has 0 radical (unpaired) electrons. The van der Waals surface area contributed by atoms with Gasteiger partial charge in [0.2, 0.25) is 0 Å². The molecule has 0 spiro atoms. The van der Waals surface area contributed by atoms with Crippen LogP contribution in [0.5, 0.6) is 0 Å². The number of benzene rings is 1. The van der Waals surface area contributed by atoms with Crippen LogP contribution in [-0.4, -0.2) is 16.1 Å². The molecule has 3 nitrogen and oxygen atoms in total. The van der Waals surface area contributed by atoms with Gasteiger partial charge in [0.15, 0.2) is 0 Å². The molecule has 2 aromatic rings. The van der Waals surface area contributed by atoms with E-state index in [2.05, 4.69) is 50.7 Å². The standard InChI is InChI=1S/C15H19BrClN3/c1-3-6-20-7-5-19-15(20)14(18-4-2)11-8-12(16)10-13(17)9-11/h5,7-10,14,18H,3-4,6H2,1-2H3. The highest BCUT2D eigenvalue weighted by Crippen LogP contribution is 2.27. The Balaban J connectivity index is 2.41. The topological polar surface area (TPSA) is 29.9 Å². The van der Waals surface area contributed by atoms with E-state index in [1.807, 2.05) is 24.5 Å². The first kappa shape index (κ1) is 15.5. The number of hydrogen-bond acceptors (Lipinski definition) is 2. The van der Waals surface area contributed by atoms with Crippen molar-refractivity contribution in [1.82, 2.24) is 14.9 Å². The number of halogens is 2. The summed E-state index contributed by atoms with van der Waals surface area (Å²) in [4.78, 5) is 4.53. The van der Waals surface area contributed by atoms with Gasteiger partial charge in [-0.25, -0.2) is 4.98 Å². The van der Waals surface area contributed by atoms with Crippen molar-refractivity contribution in [3.05, 3.63) is 51.5 Å². The summed E-state index contributed by atoms with van der Waals surface area (Å²) in [5.41, 5.74) is 1.12. The van der Waals surface area contributed by atoms with Crippen LogP contribution in [0.2, 0.25) is 5.02 Å². The SMILES string of the molecule is CCCn1ccnc1C(NCC)c1cc(Cl)cc(Br)c1. The molecule has 0 aliphatic heterocycles. The number of imidazole rings is 1. The first-order chi connectivity index (χ1) is 9.65. The molecular weight excluding hydrogens is 338 g/mol. The largest absolute Gasteiger partial charge is 0.333 e. The molecule has 0 amide bonds. The summed E-state index contributed by atoms with van der Waals surface area (Å²) in [6.45, 7) is 6.11. The van der Waals surface area contributed by atoms with Crippen LogP contribution in [0.15, 0.2) is 35.1 Å². The van der Waals surface area contributed by atoms with E-state index in [0.717, 1.165) is 40.4 Å². The van der Waals surface area contributed by atoms with Gasteiger partial charge in [-0.3, -0.25) is 0 Å². The molecule has 108 valence electrons. The maximum absolute atomic E-state index is 6.17. The monoisotopic (exact) mass is 355 g/mol. The van der Waals surface area contributed by atoms with Crippen molar-refractivity contribution in [2.75, 3.05) is 6.54 Å². The number of hydrogen-bond donors (Lipinski definition) is 1. The molecule has 0 aliphatic rings. The van der Waals surface area contributed by atoms with E-state index in [-0.39, 0.29) is 6.04 Å². The van der Waals surface area contributed by atoms with E-state index in [1.165, 1.54) is 0 Å². The highest BCUT2D eigenvalue weighted by Gasteiger charge is 2.19. The van der Waals surface area contributed by atoms with Gasteiger partial charge in [0.05, 0.1) is 6.04 Å². The summed E-state index contributed by atoms with van der Waals surface area (Å²) in [7, 11) is 0. The average Bonchev–Trinajstić information content (AvgIpc) is 2.83. The van der Waals surface area contributed by atoms with Crippen LogP contribution in [0.4, 0.5) is 0 Å². The summed E-state index contributed by atoms with van der Waals surface area (Å²) in [5, 5.41) is 4.22. The second-order valence-corrected chi connectivity index (χ2v) is 6.02. The maximum Gasteiger partial charge on any atom is 0.130 e. The van der Waals surface area contributed by atoms with E-state index in [9.17, 15) is 0 Å². The van der Waals surface area contributed by atoms with Gasteiger partial charge < -0.3 is 9.88 Å². The van der Waals surface area contributed by atoms with Crippen LogP contribution < -0.4 is 5.32 Å². The quantitative estimate of drug-likeness (QED) is 0.831. The van der Waals surface area contributed by atoms with Gasteiger partial charge in [0, 0.05) is 28.4 Å². The molecule has 1 aromatic heterocycles. The fourth-order valence-corrected chi connectivity index (χ4v) is 3.20. The smallest absolute Gasteiger partial charge is 0.130 e. The van der Waals surface area contributed by atoms with Crippen molar-refractivity contribution in [3.63, 3.8) is 0 Å². The average molecular weight is 357 g/mol. The third kappa shape index (κ3) is 3.62. The molecular formula is C15H19BrClN3.